The van der Waals surface area contributed by atoms with E-state index in [1.165, 1.54) is 6.42 Å². The van der Waals surface area contributed by atoms with Gasteiger partial charge in [-0.2, -0.15) is 0 Å². The monoisotopic (exact) mass is 344 g/mol. The summed E-state index contributed by atoms with van der Waals surface area (Å²) in [5, 5.41) is 2.37. The van der Waals surface area contributed by atoms with Crippen molar-refractivity contribution in [1.82, 2.24) is 0 Å². The average molecular weight is 345 g/mol. The van der Waals surface area contributed by atoms with Gasteiger partial charge in [0.2, 0.25) is 0 Å². The van der Waals surface area contributed by atoms with E-state index in [1.807, 2.05) is 0 Å². The Kier molecular flexibility index (Phi) is 9.55. The summed E-state index contributed by atoms with van der Waals surface area (Å²) in [7, 11) is -0.617. The largest absolute Gasteiger partial charge is 0.0654 e. The zero-order valence-corrected chi connectivity index (χ0v) is 21.1. The van der Waals surface area contributed by atoms with Gasteiger partial charge in [0, 0.05) is 9.52 Å². The molecule has 0 bridgehead atoms. The van der Waals surface area contributed by atoms with E-state index in [1.54, 1.807) is 0 Å². The first-order valence-electron chi connectivity index (χ1n) is 9.31. The number of hydrogen-bond acceptors (Lipinski definition) is 0. The highest BCUT2D eigenvalue weighted by Gasteiger charge is 2.39. The van der Waals surface area contributed by atoms with Crippen LogP contribution in [0.5, 0.6) is 0 Å². The minimum Gasteiger partial charge on any atom is -0.0654 e. The van der Waals surface area contributed by atoms with Gasteiger partial charge in [0.15, 0.2) is 0 Å². The second-order valence-electron chi connectivity index (χ2n) is 11.9. The minimum absolute atomic E-state index is 0.0880. The molecule has 22 heavy (non-hydrogen) atoms. The molecule has 0 nitrogen and oxygen atoms in total. The Hall–Kier alpha value is 0.434. The third-order valence-corrected chi connectivity index (χ3v) is 11.6. The Balaban J connectivity index is 0. The van der Waals surface area contributed by atoms with Gasteiger partial charge in [-0.05, 0) is 20.2 Å². The lowest BCUT2D eigenvalue weighted by molar-refractivity contribution is 0.607. The summed E-state index contributed by atoms with van der Waals surface area (Å²) < 4.78 is 0. The molecule has 0 aliphatic heterocycles. The van der Waals surface area contributed by atoms with Crippen LogP contribution in [0.2, 0.25) is 25.7 Å². The van der Waals surface area contributed by atoms with Crippen LogP contribution in [-0.2, 0) is 0 Å². The Morgan fingerprint density at radius 2 is 0.955 bits per heavy atom. The van der Waals surface area contributed by atoms with Gasteiger partial charge in [-0.25, -0.2) is 0 Å². The normalized spacial score (nSPS) is 15.4. The molecule has 2 heteroatoms. The summed E-state index contributed by atoms with van der Waals surface area (Å²) in [6.45, 7) is 33.5. The third kappa shape index (κ3) is 12.9. The molecule has 0 aliphatic rings. The number of rotatable bonds is 2. The second kappa shape index (κ2) is 8.51. The predicted molar refractivity (Wildman–Crippen MR) is 114 cm³/mol. The molecule has 0 N–H and O–H groups in total. The van der Waals surface area contributed by atoms with Crippen molar-refractivity contribution in [3.05, 3.63) is 0 Å². The molecule has 0 aromatic carbocycles. The summed E-state index contributed by atoms with van der Waals surface area (Å²) in [6, 6.07) is 0. The summed E-state index contributed by atoms with van der Waals surface area (Å²) in [5.74, 6) is 0. The van der Waals surface area contributed by atoms with Crippen molar-refractivity contribution < 1.29 is 0 Å². The highest BCUT2D eigenvalue weighted by Crippen LogP contribution is 2.48. The second-order valence-corrected chi connectivity index (χ2v) is 22.0. The first kappa shape index (κ1) is 24.7. The van der Waals surface area contributed by atoms with Gasteiger partial charge in [0.1, 0.15) is 0 Å². The smallest absolute Gasteiger partial charge is 0.0505 e. The van der Waals surface area contributed by atoms with E-state index in [9.17, 15) is 0 Å². The van der Waals surface area contributed by atoms with Gasteiger partial charge in [-0.3, -0.25) is 0 Å². The van der Waals surface area contributed by atoms with Gasteiger partial charge in [0.25, 0.3) is 0 Å². The third-order valence-electron chi connectivity index (χ3n) is 4.14. The molecule has 0 saturated carbocycles. The van der Waals surface area contributed by atoms with Crippen LogP contribution in [0.1, 0.15) is 103 Å². The predicted octanol–water partition coefficient (Wildman–Crippen LogP) is 7.21. The molecule has 0 aromatic rings. The molecule has 0 radical (unpaired) electrons. The van der Waals surface area contributed by atoms with Crippen LogP contribution in [0.3, 0.4) is 0 Å². The van der Waals surface area contributed by atoms with Crippen molar-refractivity contribution in [2.45, 2.75) is 129 Å². The van der Waals surface area contributed by atoms with Crippen LogP contribution in [0.4, 0.5) is 0 Å². The van der Waals surface area contributed by atoms with Crippen LogP contribution in [0, 0.1) is 0 Å². The molecule has 0 spiro atoms. The van der Waals surface area contributed by atoms with Crippen LogP contribution in [-0.4, -0.2) is 18.3 Å². The average Bonchev–Trinajstić information content (AvgIpc) is 2.06. The van der Waals surface area contributed by atoms with Crippen molar-refractivity contribution in [3.8, 4) is 0 Å². The zero-order chi connectivity index (χ0) is 18.6. The standard InChI is InChI=1S/C12H28Si.C8H20Si/c1-9-10(2)13(11(3,4)5)12(6,7)8;1-7(2,3)9-8(4,5)6/h10,13H,9H2,1-8H3;9H2,1-6H3. The van der Waals surface area contributed by atoms with E-state index in [-0.39, 0.29) is 9.52 Å². The maximum Gasteiger partial charge on any atom is 0.0505 e. The summed E-state index contributed by atoms with van der Waals surface area (Å²) in [5.41, 5.74) is 0.958. The fourth-order valence-corrected chi connectivity index (χ4v) is 14.5. The molecule has 0 aromatic heterocycles. The lowest BCUT2D eigenvalue weighted by atomic mass is 10.2. The highest BCUT2D eigenvalue weighted by atomic mass is 28.3. The van der Waals surface area contributed by atoms with E-state index in [2.05, 4.69) is 96.9 Å². The maximum atomic E-state index is 2.45. The maximum absolute atomic E-state index is 2.45. The molecule has 0 saturated heterocycles. The summed E-state index contributed by atoms with van der Waals surface area (Å²) in [6.07, 6.45) is 1.35. The van der Waals surface area contributed by atoms with Crippen LogP contribution in [0.25, 0.3) is 0 Å². The van der Waals surface area contributed by atoms with E-state index >= 15 is 0 Å². The summed E-state index contributed by atoms with van der Waals surface area (Å²) in [4.78, 5) is 0. The van der Waals surface area contributed by atoms with Crippen molar-refractivity contribution in [1.29, 1.82) is 0 Å². The fourth-order valence-electron chi connectivity index (χ4n) is 4.83. The summed E-state index contributed by atoms with van der Waals surface area (Å²) >= 11 is 0. The molecule has 1 atom stereocenters. The van der Waals surface area contributed by atoms with Crippen LogP contribution < -0.4 is 0 Å². The number of hydrogen-bond donors (Lipinski definition) is 0. The SMILES string of the molecule is CC(C)(C)[SiH2]C(C)(C)C.CCC(C)[SiH](C(C)(C)C)C(C)(C)C. The Bertz CT molecular complexity index is 266. The Morgan fingerprint density at radius 1 is 0.682 bits per heavy atom. The topological polar surface area (TPSA) is 0 Å². The molecule has 0 amide bonds. The molecule has 136 valence electrons. The first-order valence-corrected chi connectivity index (χ1v) is 12.5. The van der Waals surface area contributed by atoms with Crippen molar-refractivity contribution in [2.24, 2.45) is 0 Å². The minimum atomic E-state index is -0.704. The Labute approximate surface area is 147 Å². The molecule has 0 heterocycles. The van der Waals surface area contributed by atoms with E-state index in [4.69, 9.17) is 0 Å². The van der Waals surface area contributed by atoms with Crippen LogP contribution >= 0.6 is 0 Å². The quantitative estimate of drug-likeness (QED) is 0.464. The van der Waals surface area contributed by atoms with E-state index in [0.717, 1.165) is 5.54 Å². The van der Waals surface area contributed by atoms with E-state index in [0.29, 0.717) is 20.2 Å². The molecular weight excluding hydrogens is 296 g/mol. The van der Waals surface area contributed by atoms with Gasteiger partial charge in [-0.1, -0.05) is 109 Å². The zero-order valence-electron chi connectivity index (χ0n) is 18.6. The highest BCUT2D eigenvalue weighted by molar-refractivity contribution is 6.66. The molecule has 0 fully saturated rings. The lowest BCUT2D eigenvalue weighted by Gasteiger charge is -2.43. The Morgan fingerprint density at radius 3 is 1.00 bits per heavy atom. The van der Waals surface area contributed by atoms with Crippen molar-refractivity contribution in [2.75, 3.05) is 0 Å². The molecule has 0 aliphatic carbocycles. The van der Waals surface area contributed by atoms with Crippen LogP contribution in [0.15, 0.2) is 0 Å². The molecule has 1 unspecified atom stereocenters. The van der Waals surface area contributed by atoms with Gasteiger partial charge < -0.3 is 0 Å². The first-order chi connectivity index (χ1) is 9.31. The fraction of sp³-hybridized carbons (Fsp3) is 1.00. The van der Waals surface area contributed by atoms with Gasteiger partial charge in [-0.15, -0.1) is 0 Å². The van der Waals surface area contributed by atoms with Gasteiger partial charge in [0.05, 0.1) is 8.80 Å². The van der Waals surface area contributed by atoms with Gasteiger partial charge >= 0.3 is 0 Å². The van der Waals surface area contributed by atoms with Crippen molar-refractivity contribution >= 4 is 18.3 Å². The molecule has 0 rings (SSSR count). The molecular formula is C20H48Si2. The van der Waals surface area contributed by atoms with Crippen molar-refractivity contribution in [3.63, 3.8) is 0 Å². The van der Waals surface area contributed by atoms with E-state index < -0.39 is 8.80 Å². The lowest BCUT2D eigenvalue weighted by Crippen LogP contribution is -2.38.